The number of hydrogen-bond donors (Lipinski definition) is 1. The number of ether oxygens (including phenoxy) is 1. The van der Waals surface area contributed by atoms with Crippen molar-refractivity contribution in [3.8, 4) is 10.4 Å². The first-order valence-corrected chi connectivity index (χ1v) is 14.0. The Kier molecular flexibility index (Phi) is 9.28. The van der Waals surface area contributed by atoms with Crippen LogP contribution < -0.4 is 5.32 Å². The van der Waals surface area contributed by atoms with Crippen molar-refractivity contribution in [3.63, 3.8) is 0 Å². The molecular weight excluding hydrogens is 557 g/mol. The summed E-state index contributed by atoms with van der Waals surface area (Å²) in [5.74, 6) is -1.31. The van der Waals surface area contributed by atoms with Crippen LogP contribution in [0.25, 0.3) is 10.4 Å². The number of nitrogens with one attached hydrogen (secondary N) is 1. The Bertz CT molecular complexity index is 1220. The number of anilines is 1. The van der Waals surface area contributed by atoms with E-state index in [2.05, 4.69) is 15.3 Å². The molecule has 8 nitrogen and oxygen atoms in total. The molecule has 0 saturated carbocycles. The molecule has 220 valence electrons. The molecule has 2 aromatic rings. The maximum atomic E-state index is 14.3. The highest BCUT2D eigenvalue weighted by Crippen LogP contribution is 2.39. The van der Waals surface area contributed by atoms with Crippen LogP contribution in [0.4, 0.5) is 27.8 Å². The fraction of sp³-hybridized carbons (Fsp3) is 0.615. The molecule has 2 fully saturated rings. The molecule has 0 bridgehead atoms. The summed E-state index contributed by atoms with van der Waals surface area (Å²) in [5.41, 5.74) is -0.910. The second-order valence-corrected chi connectivity index (χ2v) is 11.0. The summed E-state index contributed by atoms with van der Waals surface area (Å²) >= 11 is 0.807. The number of nitrogens with zero attached hydrogens (tertiary/aromatic N) is 4. The maximum absolute atomic E-state index is 14.3. The molecule has 3 atom stereocenters. The molecule has 4 rings (SSSR count). The number of likely N-dealkylation sites (tertiary alicyclic amines) is 2. The largest absolute Gasteiger partial charge is 0.408 e. The van der Waals surface area contributed by atoms with Gasteiger partial charge in [0.05, 0.1) is 11.0 Å². The number of rotatable bonds is 8. The number of thiazole rings is 1. The third-order valence-electron chi connectivity index (χ3n) is 7.37. The number of pyridine rings is 1. The van der Waals surface area contributed by atoms with Crippen LogP contribution in [-0.2, 0) is 4.74 Å². The van der Waals surface area contributed by atoms with Gasteiger partial charge in [-0.1, -0.05) is 6.92 Å². The predicted octanol–water partition coefficient (Wildman–Crippen LogP) is 5.77. The van der Waals surface area contributed by atoms with E-state index in [-0.39, 0.29) is 45.5 Å². The van der Waals surface area contributed by atoms with E-state index in [0.717, 1.165) is 42.9 Å². The summed E-state index contributed by atoms with van der Waals surface area (Å²) in [6.45, 7) is 4.44. The van der Waals surface area contributed by atoms with Crippen molar-refractivity contribution in [3.05, 3.63) is 28.5 Å². The van der Waals surface area contributed by atoms with E-state index in [4.69, 9.17) is 4.74 Å². The molecule has 0 radical (unpaired) electrons. The zero-order valence-electron chi connectivity index (χ0n) is 22.4. The van der Waals surface area contributed by atoms with Gasteiger partial charge in [0.2, 0.25) is 0 Å². The van der Waals surface area contributed by atoms with Gasteiger partial charge in [-0.25, -0.2) is 18.7 Å². The van der Waals surface area contributed by atoms with Crippen molar-refractivity contribution >= 4 is 29.0 Å². The number of hydrogen-bond acceptors (Lipinski definition) is 7. The van der Waals surface area contributed by atoms with Gasteiger partial charge in [-0.05, 0) is 45.1 Å². The first kappa shape index (κ1) is 30.1. The van der Waals surface area contributed by atoms with Crippen molar-refractivity contribution in [2.75, 3.05) is 32.1 Å². The standard InChI is InChI=1S/C26H32F5N5O3S/c1-4-18(26(29,30)31)33-19-11-16(22(27)28)17(12-32-19)21-20(24(37)36-10-5-7-14(36)2)34-23(40-21)25(38)35-9-6-8-15(13-35)39-3/h11-12,14-15,18,22H,4-10,13H2,1-3H3,(H,32,33)/t14-,15?,18-/m0/s1. The van der Waals surface area contributed by atoms with Crippen LogP contribution >= 0.6 is 11.3 Å². The first-order chi connectivity index (χ1) is 18.9. The number of halogens is 5. The fourth-order valence-corrected chi connectivity index (χ4v) is 6.13. The van der Waals surface area contributed by atoms with Crippen LogP contribution in [0, 0.1) is 0 Å². The molecular formula is C26H32F5N5O3S. The molecule has 0 spiro atoms. The van der Waals surface area contributed by atoms with Crippen LogP contribution in [0.2, 0.25) is 0 Å². The van der Waals surface area contributed by atoms with E-state index in [1.807, 2.05) is 6.92 Å². The summed E-state index contributed by atoms with van der Waals surface area (Å²) < 4.78 is 73.8. The third kappa shape index (κ3) is 6.37. The maximum Gasteiger partial charge on any atom is 0.408 e. The minimum atomic E-state index is -4.60. The van der Waals surface area contributed by atoms with Crippen LogP contribution in [-0.4, -0.2) is 82.7 Å². The van der Waals surface area contributed by atoms with Gasteiger partial charge in [-0.15, -0.1) is 11.3 Å². The minimum Gasteiger partial charge on any atom is -0.380 e. The van der Waals surface area contributed by atoms with Crippen LogP contribution in [0.5, 0.6) is 0 Å². The van der Waals surface area contributed by atoms with Crippen molar-refractivity contribution in [2.45, 2.75) is 76.7 Å². The molecule has 2 amide bonds. The molecule has 40 heavy (non-hydrogen) atoms. The van der Waals surface area contributed by atoms with Gasteiger partial charge in [0.15, 0.2) is 5.01 Å². The highest BCUT2D eigenvalue weighted by Gasteiger charge is 2.39. The van der Waals surface area contributed by atoms with E-state index in [9.17, 15) is 31.5 Å². The average Bonchev–Trinajstić information content (AvgIpc) is 3.56. The van der Waals surface area contributed by atoms with Gasteiger partial charge < -0.3 is 19.9 Å². The van der Waals surface area contributed by atoms with Crippen molar-refractivity contribution in [1.29, 1.82) is 0 Å². The molecule has 0 aromatic carbocycles. The number of carbonyl (C=O) groups excluding carboxylic acids is 2. The van der Waals surface area contributed by atoms with Crippen LogP contribution in [0.15, 0.2) is 12.3 Å². The minimum absolute atomic E-state index is 0.0324. The quantitative estimate of drug-likeness (QED) is 0.394. The molecule has 1 N–H and O–H groups in total. The first-order valence-electron chi connectivity index (χ1n) is 13.2. The normalized spacial score (nSPS) is 20.7. The summed E-state index contributed by atoms with van der Waals surface area (Å²) in [6, 6.07) is -1.22. The molecule has 0 aliphatic carbocycles. The molecule has 4 heterocycles. The van der Waals surface area contributed by atoms with E-state index < -0.39 is 36.0 Å². The Hall–Kier alpha value is -2.87. The summed E-state index contributed by atoms with van der Waals surface area (Å²) in [7, 11) is 1.56. The lowest BCUT2D eigenvalue weighted by Gasteiger charge is -2.31. The average molecular weight is 590 g/mol. The Morgan fingerprint density at radius 1 is 1.20 bits per heavy atom. The van der Waals surface area contributed by atoms with Gasteiger partial charge in [-0.2, -0.15) is 13.2 Å². The van der Waals surface area contributed by atoms with Crippen LogP contribution in [0.1, 0.15) is 78.2 Å². The van der Waals surface area contributed by atoms with Crippen molar-refractivity contribution in [2.24, 2.45) is 0 Å². The SMILES string of the molecule is CC[C@H](Nc1cc(C(F)F)c(-c2sc(C(=O)N3CCCC(OC)C3)nc2C(=O)N2CCC[C@@H]2C)cn1)C(F)(F)F. The Morgan fingerprint density at radius 3 is 2.52 bits per heavy atom. The van der Waals surface area contributed by atoms with Gasteiger partial charge in [0, 0.05) is 50.1 Å². The van der Waals surface area contributed by atoms with E-state index in [1.165, 1.54) is 6.92 Å². The van der Waals surface area contributed by atoms with Crippen molar-refractivity contribution in [1.82, 2.24) is 19.8 Å². The monoisotopic (exact) mass is 589 g/mol. The number of amides is 2. The third-order valence-corrected chi connectivity index (χ3v) is 8.44. The zero-order chi connectivity index (χ0) is 29.2. The lowest BCUT2D eigenvalue weighted by atomic mass is 10.1. The number of methoxy groups -OCH3 is 1. The fourth-order valence-electron chi connectivity index (χ4n) is 5.07. The second kappa shape index (κ2) is 12.3. The Labute approximate surface area is 232 Å². The molecule has 2 aromatic heterocycles. The highest BCUT2D eigenvalue weighted by atomic mass is 32.1. The summed E-state index contributed by atoms with van der Waals surface area (Å²) in [6.07, 6.45) is -4.12. The molecule has 14 heteroatoms. The van der Waals surface area contributed by atoms with Crippen molar-refractivity contribution < 1.29 is 36.3 Å². The molecule has 2 aliphatic heterocycles. The lowest BCUT2D eigenvalue weighted by molar-refractivity contribution is -0.142. The van der Waals surface area contributed by atoms with Gasteiger partial charge in [-0.3, -0.25) is 9.59 Å². The van der Waals surface area contributed by atoms with E-state index >= 15 is 0 Å². The number of alkyl halides is 5. The summed E-state index contributed by atoms with van der Waals surface area (Å²) in [4.78, 5) is 38.5. The van der Waals surface area contributed by atoms with E-state index in [1.54, 1.807) is 16.9 Å². The molecule has 1 unspecified atom stereocenters. The highest BCUT2D eigenvalue weighted by molar-refractivity contribution is 7.17. The Morgan fingerprint density at radius 2 is 1.93 bits per heavy atom. The molecule has 2 aliphatic rings. The Balaban J connectivity index is 1.76. The number of piperidine rings is 1. The van der Waals surface area contributed by atoms with E-state index in [0.29, 0.717) is 26.1 Å². The topological polar surface area (TPSA) is 87.7 Å². The van der Waals surface area contributed by atoms with Gasteiger partial charge >= 0.3 is 6.18 Å². The predicted molar refractivity (Wildman–Crippen MR) is 140 cm³/mol. The second-order valence-electron chi connectivity index (χ2n) is 10.0. The van der Waals surface area contributed by atoms with Gasteiger partial charge in [0.1, 0.15) is 17.6 Å². The zero-order valence-corrected chi connectivity index (χ0v) is 23.2. The van der Waals surface area contributed by atoms with Gasteiger partial charge in [0.25, 0.3) is 18.2 Å². The number of aromatic nitrogens is 2. The smallest absolute Gasteiger partial charge is 0.380 e. The van der Waals surface area contributed by atoms with Crippen LogP contribution in [0.3, 0.4) is 0 Å². The number of carbonyl (C=O) groups is 2. The summed E-state index contributed by atoms with van der Waals surface area (Å²) in [5, 5.41) is 2.14. The molecule has 2 saturated heterocycles. The lowest BCUT2D eigenvalue weighted by Crippen LogP contribution is -2.42.